The molecule has 0 saturated heterocycles. The molecule has 0 fully saturated rings. The van der Waals surface area contributed by atoms with E-state index in [-0.39, 0.29) is 23.1 Å². The van der Waals surface area contributed by atoms with Gasteiger partial charge >= 0.3 is 5.97 Å². The summed E-state index contributed by atoms with van der Waals surface area (Å²) in [6.07, 6.45) is 3.98. The van der Waals surface area contributed by atoms with Gasteiger partial charge in [-0.05, 0) is 24.1 Å². The molecule has 1 aromatic carbocycles. The average Bonchev–Trinajstić information content (AvgIpc) is 3.04. The second-order valence-corrected chi connectivity index (χ2v) is 5.59. The molecule has 3 aromatic rings. The molecule has 3 rings (SSSR count). The van der Waals surface area contributed by atoms with Gasteiger partial charge in [-0.15, -0.1) is 0 Å². The molecule has 0 aliphatic carbocycles. The molecule has 5 nitrogen and oxygen atoms in total. The van der Waals surface area contributed by atoms with E-state index in [1.54, 1.807) is 12.3 Å². The summed E-state index contributed by atoms with van der Waals surface area (Å²) in [5, 5.41) is 0.879. The van der Waals surface area contributed by atoms with Crippen molar-refractivity contribution >= 4 is 34.3 Å². The minimum absolute atomic E-state index is 0.0506. The Morgan fingerprint density at radius 1 is 1.21 bits per heavy atom. The zero-order valence-corrected chi connectivity index (χ0v) is 13.8. The monoisotopic (exact) mass is 342 g/mol. The first kappa shape index (κ1) is 16.2. The van der Waals surface area contributed by atoms with Crippen molar-refractivity contribution < 1.29 is 14.3 Å². The van der Waals surface area contributed by atoms with Crippen molar-refractivity contribution in [2.75, 3.05) is 6.61 Å². The van der Waals surface area contributed by atoms with Gasteiger partial charge in [0.15, 0.2) is 6.61 Å². The Bertz CT molecular complexity index is 918. The van der Waals surface area contributed by atoms with Crippen LogP contribution in [0.25, 0.3) is 10.9 Å². The van der Waals surface area contributed by atoms with Gasteiger partial charge < -0.3 is 9.72 Å². The SMILES string of the molecule is CCc1cccc2c(C(=O)COC(=O)c3cccnc3Cl)c[nH]c12. The number of hydrogen-bond acceptors (Lipinski definition) is 4. The summed E-state index contributed by atoms with van der Waals surface area (Å²) in [4.78, 5) is 31.3. The number of carbonyl (C=O) groups excluding carboxylic acids is 2. The third-order valence-electron chi connectivity index (χ3n) is 3.80. The number of nitrogens with one attached hydrogen (secondary N) is 1. The van der Waals surface area contributed by atoms with E-state index in [2.05, 4.69) is 16.9 Å². The number of carbonyl (C=O) groups is 2. The van der Waals surface area contributed by atoms with E-state index >= 15 is 0 Å². The zero-order chi connectivity index (χ0) is 17.1. The van der Waals surface area contributed by atoms with Crippen molar-refractivity contribution in [1.29, 1.82) is 0 Å². The molecular formula is C18H15ClN2O3. The van der Waals surface area contributed by atoms with E-state index < -0.39 is 5.97 Å². The van der Waals surface area contributed by atoms with Crippen LogP contribution in [-0.2, 0) is 11.2 Å². The van der Waals surface area contributed by atoms with Gasteiger partial charge in [-0.25, -0.2) is 9.78 Å². The number of ether oxygens (including phenoxy) is 1. The highest BCUT2D eigenvalue weighted by molar-refractivity contribution is 6.32. The van der Waals surface area contributed by atoms with Gasteiger partial charge in [0.05, 0.1) is 5.56 Å². The lowest BCUT2D eigenvalue weighted by molar-refractivity contribution is 0.0475. The molecule has 0 saturated carbocycles. The van der Waals surface area contributed by atoms with Gasteiger partial charge in [-0.1, -0.05) is 36.7 Å². The topological polar surface area (TPSA) is 72.1 Å². The average molecular weight is 343 g/mol. The first-order chi connectivity index (χ1) is 11.6. The second-order valence-electron chi connectivity index (χ2n) is 5.24. The molecule has 0 radical (unpaired) electrons. The highest BCUT2D eigenvalue weighted by Crippen LogP contribution is 2.23. The summed E-state index contributed by atoms with van der Waals surface area (Å²) in [5.41, 5.74) is 2.71. The molecule has 2 heterocycles. The number of para-hydroxylation sites is 1. The van der Waals surface area contributed by atoms with E-state index in [1.807, 2.05) is 18.2 Å². The van der Waals surface area contributed by atoms with Gasteiger partial charge in [-0.2, -0.15) is 0 Å². The Kier molecular flexibility index (Phi) is 4.62. The standard InChI is InChI=1S/C18H15ClN2O3/c1-2-11-5-3-6-12-14(9-21-16(11)12)15(22)10-24-18(23)13-7-4-8-20-17(13)19/h3-9,21H,2,10H2,1H3. The predicted octanol–water partition coefficient (Wildman–Crippen LogP) is 3.82. The molecular weight excluding hydrogens is 328 g/mol. The number of rotatable bonds is 5. The van der Waals surface area contributed by atoms with Gasteiger partial charge in [0.2, 0.25) is 5.78 Å². The molecule has 0 spiro atoms. The number of benzene rings is 1. The Morgan fingerprint density at radius 2 is 2.04 bits per heavy atom. The summed E-state index contributed by atoms with van der Waals surface area (Å²) < 4.78 is 5.07. The minimum atomic E-state index is -0.671. The van der Waals surface area contributed by atoms with Crippen LogP contribution in [0.5, 0.6) is 0 Å². The maximum Gasteiger partial charge on any atom is 0.341 e. The Hall–Kier alpha value is -2.66. The fourth-order valence-corrected chi connectivity index (χ4v) is 2.76. The number of halogens is 1. The summed E-state index contributed by atoms with van der Waals surface area (Å²) in [7, 11) is 0. The Morgan fingerprint density at radius 3 is 2.79 bits per heavy atom. The third-order valence-corrected chi connectivity index (χ3v) is 4.10. The number of aryl methyl sites for hydroxylation is 1. The van der Waals surface area contributed by atoms with Crippen LogP contribution >= 0.6 is 11.6 Å². The quantitative estimate of drug-likeness (QED) is 0.434. The van der Waals surface area contributed by atoms with Gasteiger partial charge in [0.1, 0.15) is 5.15 Å². The van der Waals surface area contributed by atoms with Gasteiger partial charge in [0.25, 0.3) is 0 Å². The molecule has 24 heavy (non-hydrogen) atoms. The highest BCUT2D eigenvalue weighted by atomic mass is 35.5. The number of Topliss-reactive ketones (excluding diaryl/α,β-unsaturated/α-hetero) is 1. The van der Waals surface area contributed by atoms with Crippen LogP contribution < -0.4 is 0 Å². The van der Waals surface area contributed by atoms with Gasteiger partial charge in [0, 0.05) is 28.9 Å². The summed E-state index contributed by atoms with van der Waals surface area (Å²) in [5.74, 6) is -0.946. The fraction of sp³-hybridized carbons (Fsp3) is 0.167. The van der Waals surface area contributed by atoms with Crippen LogP contribution in [0.1, 0.15) is 33.2 Å². The summed E-state index contributed by atoms with van der Waals surface area (Å²) >= 11 is 5.84. The number of fused-ring (bicyclic) bond motifs is 1. The molecule has 0 bridgehead atoms. The maximum absolute atomic E-state index is 12.4. The lowest BCUT2D eigenvalue weighted by Gasteiger charge is -2.05. The Labute approximate surface area is 143 Å². The van der Waals surface area contributed by atoms with E-state index in [0.717, 1.165) is 22.9 Å². The van der Waals surface area contributed by atoms with Crippen LogP contribution in [0.4, 0.5) is 0 Å². The molecule has 2 aromatic heterocycles. The van der Waals surface area contributed by atoms with Crippen molar-refractivity contribution in [3.63, 3.8) is 0 Å². The maximum atomic E-state index is 12.4. The van der Waals surface area contributed by atoms with Crippen LogP contribution in [0.15, 0.2) is 42.7 Å². The molecule has 0 amide bonds. The number of aromatic amines is 1. The van der Waals surface area contributed by atoms with Gasteiger partial charge in [-0.3, -0.25) is 4.79 Å². The van der Waals surface area contributed by atoms with Crippen LogP contribution in [0, 0.1) is 0 Å². The number of H-pyrrole nitrogens is 1. The lowest BCUT2D eigenvalue weighted by atomic mass is 10.1. The van der Waals surface area contributed by atoms with Crippen molar-refractivity contribution in [3.05, 3.63) is 64.6 Å². The molecule has 1 N–H and O–H groups in total. The minimum Gasteiger partial charge on any atom is -0.454 e. The zero-order valence-electron chi connectivity index (χ0n) is 13.0. The van der Waals surface area contributed by atoms with Crippen LogP contribution in [-0.4, -0.2) is 28.3 Å². The number of ketones is 1. The van der Waals surface area contributed by atoms with Crippen LogP contribution in [0.3, 0.4) is 0 Å². The number of pyridine rings is 1. The summed E-state index contributed by atoms with van der Waals surface area (Å²) in [6, 6.07) is 8.88. The highest BCUT2D eigenvalue weighted by Gasteiger charge is 2.17. The number of aromatic nitrogens is 2. The normalized spacial score (nSPS) is 10.8. The first-order valence-electron chi connectivity index (χ1n) is 7.51. The molecule has 0 aliphatic heterocycles. The number of esters is 1. The van der Waals surface area contributed by atoms with Crippen molar-refractivity contribution in [1.82, 2.24) is 9.97 Å². The molecule has 122 valence electrons. The van der Waals surface area contributed by atoms with Crippen LogP contribution in [0.2, 0.25) is 5.15 Å². The van der Waals surface area contributed by atoms with Crippen molar-refractivity contribution in [3.8, 4) is 0 Å². The Balaban J connectivity index is 1.76. The largest absolute Gasteiger partial charge is 0.454 e. The second kappa shape index (κ2) is 6.84. The molecule has 0 unspecified atom stereocenters. The molecule has 0 atom stereocenters. The van der Waals surface area contributed by atoms with E-state index in [4.69, 9.17) is 16.3 Å². The number of hydrogen-bond donors (Lipinski definition) is 1. The van der Waals surface area contributed by atoms with Crippen molar-refractivity contribution in [2.45, 2.75) is 13.3 Å². The number of nitrogens with zero attached hydrogens (tertiary/aromatic N) is 1. The van der Waals surface area contributed by atoms with Crippen molar-refractivity contribution in [2.24, 2.45) is 0 Å². The first-order valence-corrected chi connectivity index (χ1v) is 7.89. The predicted molar refractivity (Wildman–Crippen MR) is 91.5 cm³/mol. The van der Waals surface area contributed by atoms with E-state index in [1.165, 1.54) is 12.3 Å². The smallest absolute Gasteiger partial charge is 0.341 e. The fourth-order valence-electron chi connectivity index (χ4n) is 2.57. The van der Waals surface area contributed by atoms with E-state index in [0.29, 0.717) is 5.56 Å². The molecule has 0 aliphatic rings. The molecule has 6 heteroatoms. The van der Waals surface area contributed by atoms with E-state index in [9.17, 15) is 9.59 Å². The third kappa shape index (κ3) is 3.03. The summed E-state index contributed by atoms with van der Waals surface area (Å²) in [6.45, 7) is 1.70. The lowest BCUT2D eigenvalue weighted by Crippen LogP contribution is -2.14.